The third-order valence-corrected chi connectivity index (χ3v) is 7.21. The highest BCUT2D eigenvalue weighted by Crippen LogP contribution is 2.46. The number of carbonyl (C=O) groups excluding carboxylic acids is 4. The quantitative estimate of drug-likeness (QED) is 0.376. The molecule has 0 aliphatic carbocycles. The standard InChI is InChI=1S/C25H25N5O7/c1-2-37-24(34)27-10-11-28-19-9-8-18(30(35)36)12-17(19)13-25(20(28)15-27)21(31)26-23(33)29(22(25)32)14-16-6-4-3-5-7-16/h3-9,12,20H,2,10-11,13-15H2,1H3,(H,26,31,33)/t20-,25-/m1/s1. The molecule has 0 saturated carbocycles. The fraction of sp³-hybridized carbons (Fsp3) is 0.360. The van der Waals surface area contributed by atoms with Crippen molar-refractivity contribution in [1.29, 1.82) is 0 Å². The van der Waals surface area contributed by atoms with Crippen molar-refractivity contribution in [2.24, 2.45) is 5.41 Å². The van der Waals surface area contributed by atoms with Gasteiger partial charge in [0.25, 0.3) is 5.69 Å². The molecule has 2 aromatic carbocycles. The SMILES string of the molecule is CCOC(=O)N1CCN2c3ccc([N+](=O)[O-])cc3C[C@]3(C(=O)NC(=O)N(Cc4ccccc4)C3=O)[C@H]2C1. The molecular weight excluding hydrogens is 482 g/mol. The first-order valence-electron chi connectivity index (χ1n) is 11.9. The van der Waals surface area contributed by atoms with Gasteiger partial charge in [-0.3, -0.25) is 29.9 Å². The van der Waals surface area contributed by atoms with Gasteiger partial charge in [0.2, 0.25) is 11.8 Å². The fourth-order valence-corrected chi connectivity index (χ4v) is 5.46. The molecule has 192 valence electrons. The molecule has 3 heterocycles. The van der Waals surface area contributed by atoms with Crippen LogP contribution in [0.4, 0.5) is 21.0 Å². The predicted octanol–water partition coefficient (Wildman–Crippen LogP) is 2.06. The van der Waals surface area contributed by atoms with Crippen LogP contribution in [0.15, 0.2) is 48.5 Å². The number of nitrogens with one attached hydrogen (secondary N) is 1. The second-order valence-corrected chi connectivity index (χ2v) is 9.21. The molecule has 0 bridgehead atoms. The number of urea groups is 1. The number of anilines is 1. The Bertz CT molecular complexity index is 1300. The summed E-state index contributed by atoms with van der Waals surface area (Å²) in [6.07, 6.45) is -0.724. The Labute approximate surface area is 211 Å². The van der Waals surface area contributed by atoms with Gasteiger partial charge in [0.1, 0.15) is 0 Å². The number of rotatable bonds is 4. The van der Waals surface area contributed by atoms with Gasteiger partial charge in [-0.05, 0) is 24.1 Å². The predicted molar refractivity (Wildman–Crippen MR) is 129 cm³/mol. The van der Waals surface area contributed by atoms with Crippen LogP contribution in [-0.2, 0) is 27.3 Å². The van der Waals surface area contributed by atoms with Crippen molar-refractivity contribution < 1.29 is 28.8 Å². The first-order valence-corrected chi connectivity index (χ1v) is 11.9. The molecule has 5 amide bonds. The molecule has 2 saturated heterocycles. The number of fused-ring (bicyclic) bond motifs is 4. The van der Waals surface area contributed by atoms with Crippen LogP contribution in [-0.4, -0.2) is 70.9 Å². The number of piperazine rings is 1. The van der Waals surface area contributed by atoms with Crippen LogP contribution in [0.5, 0.6) is 0 Å². The van der Waals surface area contributed by atoms with Crippen molar-refractivity contribution in [3.05, 3.63) is 69.8 Å². The summed E-state index contributed by atoms with van der Waals surface area (Å²) in [5.41, 5.74) is -0.172. The maximum atomic E-state index is 14.2. The summed E-state index contributed by atoms with van der Waals surface area (Å²) in [5.74, 6) is -1.49. The number of benzene rings is 2. The molecule has 0 aromatic heterocycles. The maximum Gasteiger partial charge on any atom is 0.409 e. The summed E-state index contributed by atoms with van der Waals surface area (Å²) in [6, 6.07) is 11.6. The van der Waals surface area contributed by atoms with Crippen LogP contribution in [0.1, 0.15) is 18.1 Å². The molecule has 2 fully saturated rings. The van der Waals surface area contributed by atoms with Crippen molar-refractivity contribution in [1.82, 2.24) is 15.1 Å². The minimum Gasteiger partial charge on any atom is -0.450 e. The average Bonchev–Trinajstić information content (AvgIpc) is 2.90. The second-order valence-electron chi connectivity index (χ2n) is 9.21. The van der Waals surface area contributed by atoms with Crippen molar-refractivity contribution in [2.45, 2.75) is 25.9 Å². The van der Waals surface area contributed by atoms with Crippen LogP contribution in [0, 0.1) is 15.5 Å². The largest absolute Gasteiger partial charge is 0.450 e. The molecule has 12 heteroatoms. The number of nitrogens with zero attached hydrogens (tertiary/aromatic N) is 4. The molecule has 0 unspecified atom stereocenters. The molecule has 1 N–H and O–H groups in total. The van der Waals surface area contributed by atoms with Crippen LogP contribution < -0.4 is 10.2 Å². The molecular formula is C25H25N5O7. The van der Waals surface area contributed by atoms with E-state index in [1.54, 1.807) is 37.3 Å². The zero-order chi connectivity index (χ0) is 26.3. The van der Waals surface area contributed by atoms with Crippen LogP contribution >= 0.6 is 0 Å². The van der Waals surface area contributed by atoms with E-state index >= 15 is 0 Å². The summed E-state index contributed by atoms with van der Waals surface area (Å²) in [6.45, 7) is 2.33. The number of ether oxygens (including phenoxy) is 1. The van der Waals surface area contributed by atoms with E-state index in [2.05, 4.69) is 5.32 Å². The van der Waals surface area contributed by atoms with Crippen LogP contribution in [0.3, 0.4) is 0 Å². The highest BCUT2D eigenvalue weighted by atomic mass is 16.6. The van der Waals surface area contributed by atoms with Crippen molar-refractivity contribution in [3.8, 4) is 0 Å². The van der Waals surface area contributed by atoms with Crippen molar-refractivity contribution in [3.63, 3.8) is 0 Å². The van der Waals surface area contributed by atoms with E-state index in [1.165, 1.54) is 17.0 Å². The topological polar surface area (TPSA) is 142 Å². The minimum atomic E-state index is -1.80. The molecule has 2 atom stereocenters. The molecule has 3 aliphatic heterocycles. The number of non-ortho nitro benzene ring substituents is 1. The summed E-state index contributed by atoms with van der Waals surface area (Å²) in [5, 5.41) is 13.8. The summed E-state index contributed by atoms with van der Waals surface area (Å²) in [7, 11) is 0. The molecule has 12 nitrogen and oxygen atoms in total. The zero-order valence-electron chi connectivity index (χ0n) is 20.1. The summed E-state index contributed by atoms with van der Waals surface area (Å²) in [4.78, 5) is 68.4. The smallest absolute Gasteiger partial charge is 0.409 e. The van der Waals surface area contributed by atoms with E-state index in [4.69, 9.17) is 4.74 Å². The van der Waals surface area contributed by atoms with Gasteiger partial charge < -0.3 is 14.5 Å². The fourth-order valence-electron chi connectivity index (χ4n) is 5.46. The second kappa shape index (κ2) is 9.19. The number of carbonyl (C=O) groups is 4. The number of amides is 5. The average molecular weight is 508 g/mol. The maximum absolute atomic E-state index is 14.2. The lowest BCUT2D eigenvalue weighted by Gasteiger charge is -2.55. The monoisotopic (exact) mass is 507 g/mol. The van der Waals surface area contributed by atoms with Gasteiger partial charge in [-0.15, -0.1) is 0 Å². The molecule has 2 aromatic rings. The van der Waals surface area contributed by atoms with E-state index in [-0.39, 0.29) is 44.9 Å². The Morgan fingerprint density at radius 1 is 1.16 bits per heavy atom. The van der Waals surface area contributed by atoms with Gasteiger partial charge in [0.15, 0.2) is 5.41 Å². The van der Waals surface area contributed by atoms with E-state index in [0.717, 1.165) is 4.90 Å². The van der Waals surface area contributed by atoms with Gasteiger partial charge in [-0.2, -0.15) is 0 Å². The number of hydrogen-bond acceptors (Lipinski definition) is 8. The third-order valence-electron chi connectivity index (χ3n) is 7.21. The zero-order valence-corrected chi connectivity index (χ0v) is 20.1. The number of hydrogen-bond donors (Lipinski definition) is 1. The Balaban J connectivity index is 1.61. The highest BCUT2D eigenvalue weighted by molar-refractivity contribution is 6.20. The summed E-state index contributed by atoms with van der Waals surface area (Å²) >= 11 is 0. The Hall–Kier alpha value is -4.48. The van der Waals surface area contributed by atoms with Crippen molar-refractivity contribution >= 4 is 35.3 Å². The van der Waals surface area contributed by atoms with Crippen LogP contribution in [0.25, 0.3) is 0 Å². The lowest BCUT2D eigenvalue weighted by Crippen LogP contribution is -2.75. The van der Waals surface area contributed by atoms with Crippen LogP contribution in [0.2, 0.25) is 0 Å². The normalized spacial score (nSPS) is 22.9. The van der Waals surface area contributed by atoms with Gasteiger partial charge in [-0.25, -0.2) is 9.59 Å². The number of barbiturate groups is 1. The van der Waals surface area contributed by atoms with E-state index in [1.807, 2.05) is 11.0 Å². The van der Waals surface area contributed by atoms with Crippen molar-refractivity contribution in [2.75, 3.05) is 31.1 Å². The summed E-state index contributed by atoms with van der Waals surface area (Å²) < 4.78 is 5.16. The Kier molecular flexibility index (Phi) is 6.02. The third kappa shape index (κ3) is 3.94. The lowest BCUT2D eigenvalue weighted by atomic mass is 9.67. The number of imide groups is 2. The first-order chi connectivity index (χ1) is 17.8. The number of nitro benzene ring substituents is 1. The van der Waals surface area contributed by atoms with E-state index < -0.39 is 40.3 Å². The molecule has 3 aliphatic rings. The highest BCUT2D eigenvalue weighted by Gasteiger charge is 2.63. The Morgan fingerprint density at radius 2 is 1.92 bits per heavy atom. The lowest BCUT2D eigenvalue weighted by molar-refractivity contribution is -0.384. The van der Waals surface area contributed by atoms with Gasteiger partial charge in [0.05, 0.1) is 24.1 Å². The number of nitro groups is 1. The minimum absolute atomic E-state index is 0.00177. The van der Waals surface area contributed by atoms with E-state index in [0.29, 0.717) is 16.8 Å². The Morgan fingerprint density at radius 3 is 2.62 bits per heavy atom. The van der Waals surface area contributed by atoms with E-state index in [9.17, 15) is 29.3 Å². The molecule has 0 radical (unpaired) electrons. The van der Waals surface area contributed by atoms with Gasteiger partial charge in [0, 0.05) is 43.9 Å². The first kappa shape index (κ1) is 24.2. The van der Waals surface area contributed by atoms with Gasteiger partial charge in [-0.1, -0.05) is 30.3 Å². The molecule has 37 heavy (non-hydrogen) atoms. The van der Waals surface area contributed by atoms with Gasteiger partial charge >= 0.3 is 12.1 Å². The molecule has 5 rings (SSSR count). The molecule has 1 spiro atoms.